The number of carbonyl (C=O) groups is 1. The molecule has 0 radical (unpaired) electrons. The van der Waals surface area contributed by atoms with Crippen LogP contribution in [0.15, 0.2) is 96.7 Å². The Labute approximate surface area is 256 Å². The number of hydrogen-bond donors (Lipinski definition) is 0. The summed E-state index contributed by atoms with van der Waals surface area (Å²) >= 11 is 14.6. The minimum Gasteiger partial charge on any atom is -0.488 e. The summed E-state index contributed by atoms with van der Waals surface area (Å²) in [6.07, 6.45) is 1.81. The Morgan fingerprint density at radius 1 is 1.12 bits per heavy atom. The van der Waals surface area contributed by atoms with Gasteiger partial charge in [-0.25, -0.2) is 9.79 Å². The number of carbonyl (C=O) groups excluding carboxylic acids is 1. The van der Waals surface area contributed by atoms with Gasteiger partial charge in [-0.15, -0.1) is 0 Å². The van der Waals surface area contributed by atoms with Crippen molar-refractivity contribution in [2.24, 2.45) is 4.99 Å². The van der Waals surface area contributed by atoms with Crippen LogP contribution < -0.4 is 19.6 Å². The molecule has 0 N–H and O–H groups in total. The lowest BCUT2D eigenvalue weighted by molar-refractivity contribution is -0.139. The lowest BCUT2D eigenvalue weighted by Crippen LogP contribution is -2.39. The molecule has 4 aromatic rings. The Kier molecular flexibility index (Phi) is 8.75. The molecule has 0 aliphatic carbocycles. The van der Waals surface area contributed by atoms with E-state index in [1.807, 2.05) is 72.8 Å². The number of halogens is 3. The molecule has 2 heterocycles. The van der Waals surface area contributed by atoms with Crippen molar-refractivity contribution in [3.05, 3.63) is 128 Å². The van der Waals surface area contributed by atoms with Crippen LogP contribution in [0.2, 0.25) is 5.02 Å². The minimum atomic E-state index is -0.655. The summed E-state index contributed by atoms with van der Waals surface area (Å²) in [5, 5.41) is 0.647. The van der Waals surface area contributed by atoms with Crippen molar-refractivity contribution in [1.29, 1.82) is 0 Å². The maximum absolute atomic E-state index is 13.8. The summed E-state index contributed by atoms with van der Waals surface area (Å²) in [7, 11) is 0. The average molecular weight is 703 g/mol. The smallest absolute Gasteiger partial charge is 0.338 e. The van der Waals surface area contributed by atoms with E-state index >= 15 is 0 Å². The summed E-state index contributed by atoms with van der Waals surface area (Å²) in [6.45, 7) is 4.07. The van der Waals surface area contributed by atoms with Crippen molar-refractivity contribution in [3.8, 4) is 5.75 Å². The zero-order chi connectivity index (χ0) is 28.4. The Hall–Kier alpha value is -2.98. The molecule has 3 aromatic carbocycles. The Morgan fingerprint density at radius 3 is 2.58 bits per heavy atom. The maximum atomic E-state index is 13.8. The molecule has 204 valence electrons. The maximum Gasteiger partial charge on any atom is 0.338 e. The number of ether oxygens (including phenoxy) is 2. The number of benzene rings is 3. The molecule has 0 amide bonds. The van der Waals surface area contributed by atoms with Gasteiger partial charge in [-0.3, -0.25) is 9.36 Å². The predicted octanol–water partition coefficient (Wildman–Crippen LogP) is 6.56. The fraction of sp³-hybridized carbons (Fsp3) is 0.167. The molecule has 10 heteroatoms. The lowest BCUT2D eigenvalue weighted by atomic mass is 9.96. The van der Waals surface area contributed by atoms with Crippen molar-refractivity contribution in [1.82, 2.24) is 4.57 Å². The molecule has 0 saturated heterocycles. The highest BCUT2D eigenvalue weighted by atomic mass is 79.9. The number of rotatable bonds is 7. The summed E-state index contributed by atoms with van der Waals surface area (Å²) in [6, 6.07) is 20.0. The van der Waals surface area contributed by atoms with E-state index in [1.165, 1.54) is 11.3 Å². The van der Waals surface area contributed by atoms with Gasteiger partial charge in [-0.05, 0) is 77.3 Å². The monoisotopic (exact) mass is 700 g/mol. The highest BCUT2D eigenvalue weighted by Crippen LogP contribution is 2.32. The van der Waals surface area contributed by atoms with E-state index in [-0.39, 0.29) is 12.2 Å². The van der Waals surface area contributed by atoms with Crippen molar-refractivity contribution in [2.75, 3.05) is 6.61 Å². The van der Waals surface area contributed by atoms with Crippen LogP contribution in [0, 0.1) is 0 Å². The highest BCUT2D eigenvalue weighted by Gasteiger charge is 2.33. The molecular weight excluding hydrogens is 680 g/mol. The summed E-state index contributed by atoms with van der Waals surface area (Å²) in [5.41, 5.74) is 3.13. The predicted molar refractivity (Wildman–Crippen MR) is 164 cm³/mol. The van der Waals surface area contributed by atoms with Crippen LogP contribution in [0.1, 0.15) is 36.6 Å². The molecule has 1 aliphatic rings. The van der Waals surface area contributed by atoms with Gasteiger partial charge >= 0.3 is 5.97 Å². The quantitative estimate of drug-likeness (QED) is 0.205. The van der Waals surface area contributed by atoms with Crippen LogP contribution in [0.5, 0.6) is 5.75 Å². The number of thiazole rings is 1. The third kappa shape index (κ3) is 5.88. The summed E-state index contributed by atoms with van der Waals surface area (Å²) < 4.78 is 15.0. The van der Waals surface area contributed by atoms with Crippen LogP contribution in [-0.4, -0.2) is 17.1 Å². The first-order valence-corrected chi connectivity index (χ1v) is 15.2. The van der Waals surface area contributed by atoms with Crippen molar-refractivity contribution >= 4 is 66.8 Å². The number of aromatic nitrogens is 1. The first-order chi connectivity index (χ1) is 19.3. The molecule has 0 bridgehead atoms. The summed E-state index contributed by atoms with van der Waals surface area (Å²) in [5.74, 6) is 0.172. The van der Waals surface area contributed by atoms with Gasteiger partial charge in [0, 0.05) is 15.1 Å². The van der Waals surface area contributed by atoms with E-state index in [4.69, 9.17) is 21.1 Å². The van der Waals surface area contributed by atoms with Gasteiger partial charge in [-0.1, -0.05) is 75.3 Å². The Balaban J connectivity index is 1.53. The van der Waals surface area contributed by atoms with Crippen LogP contribution >= 0.6 is 54.8 Å². The van der Waals surface area contributed by atoms with Crippen molar-refractivity contribution < 1.29 is 14.3 Å². The van der Waals surface area contributed by atoms with Crippen LogP contribution in [0.3, 0.4) is 0 Å². The lowest BCUT2D eigenvalue weighted by Gasteiger charge is -2.24. The number of fused-ring (bicyclic) bond motifs is 1. The molecule has 0 fully saturated rings. The zero-order valence-corrected chi connectivity index (χ0v) is 26.2. The van der Waals surface area contributed by atoms with Gasteiger partial charge < -0.3 is 9.47 Å². The number of nitrogens with zero attached hydrogens (tertiary/aromatic N) is 2. The molecule has 0 unspecified atom stereocenters. The third-order valence-corrected chi connectivity index (χ3v) is 8.80. The standard InChI is InChI=1S/C30H23Br2ClN2O4S/c1-3-38-29(37)26-17(2)34-30-35(27(26)19-9-11-21(31)12-10-19)28(36)25(40-30)15-18-8-13-24(22(32)14-18)39-16-20-6-4-5-7-23(20)33/h4-15,27H,3,16H2,1-2H3/b25-15-/t27-/m1/s1. The first-order valence-electron chi connectivity index (χ1n) is 12.4. The van der Waals surface area contributed by atoms with Crippen molar-refractivity contribution in [3.63, 3.8) is 0 Å². The molecule has 1 aliphatic heterocycles. The fourth-order valence-electron chi connectivity index (χ4n) is 4.40. The second kappa shape index (κ2) is 12.3. The normalized spacial score (nSPS) is 15.0. The van der Waals surface area contributed by atoms with Crippen LogP contribution in [-0.2, 0) is 16.1 Å². The number of hydrogen-bond acceptors (Lipinski definition) is 6. The average Bonchev–Trinajstić information content (AvgIpc) is 3.23. The molecule has 0 spiro atoms. The van der Waals surface area contributed by atoms with Crippen LogP contribution in [0.4, 0.5) is 0 Å². The first kappa shape index (κ1) is 28.5. The highest BCUT2D eigenvalue weighted by molar-refractivity contribution is 9.10. The van der Waals surface area contributed by atoms with Gasteiger partial charge in [0.15, 0.2) is 4.80 Å². The molecule has 5 rings (SSSR count). The molecule has 40 heavy (non-hydrogen) atoms. The van der Waals surface area contributed by atoms with E-state index in [2.05, 4.69) is 36.9 Å². The SMILES string of the molecule is CCOC(=O)C1=C(C)N=c2s/c(=C\c3ccc(OCc4ccccc4Cl)c(Br)c3)c(=O)n2[C@@H]1c1ccc(Br)cc1. The molecule has 0 saturated carbocycles. The Morgan fingerprint density at radius 2 is 1.88 bits per heavy atom. The van der Waals surface area contributed by atoms with E-state index in [1.54, 1.807) is 18.4 Å². The largest absolute Gasteiger partial charge is 0.488 e. The molecular formula is C30H23Br2ClN2O4S. The van der Waals surface area contributed by atoms with E-state index in [0.29, 0.717) is 38.0 Å². The third-order valence-electron chi connectivity index (χ3n) is 6.30. The number of esters is 1. The number of allylic oxidation sites excluding steroid dienone is 1. The van der Waals surface area contributed by atoms with Gasteiger partial charge in [0.2, 0.25) is 0 Å². The second-order valence-corrected chi connectivity index (χ2v) is 12.1. The van der Waals surface area contributed by atoms with Gasteiger partial charge in [0.1, 0.15) is 12.4 Å². The van der Waals surface area contributed by atoms with Gasteiger partial charge in [0.25, 0.3) is 5.56 Å². The van der Waals surface area contributed by atoms with Crippen LogP contribution in [0.25, 0.3) is 6.08 Å². The molecule has 6 nitrogen and oxygen atoms in total. The topological polar surface area (TPSA) is 69.9 Å². The van der Waals surface area contributed by atoms with Gasteiger partial charge in [0.05, 0.1) is 32.9 Å². The fourth-order valence-corrected chi connectivity index (χ4v) is 6.41. The summed E-state index contributed by atoms with van der Waals surface area (Å²) in [4.78, 5) is 32.0. The van der Waals surface area contributed by atoms with Gasteiger partial charge in [-0.2, -0.15) is 0 Å². The second-order valence-electron chi connectivity index (χ2n) is 8.92. The van der Waals surface area contributed by atoms with E-state index in [9.17, 15) is 9.59 Å². The molecule has 1 aromatic heterocycles. The zero-order valence-electron chi connectivity index (χ0n) is 21.5. The Bertz CT molecular complexity index is 1810. The van der Waals surface area contributed by atoms with E-state index < -0.39 is 12.0 Å². The minimum absolute atomic E-state index is 0.222. The van der Waals surface area contributed by atoms with E-state index in [0.717, 1.165) is 25.6 Å². The molecule has 1 atom stereocenters. The van der Waals surface area contributed by atoms with Crippen molar-refractivity contribution in [2.45, 2.75) is 26.5 Å².